The number of esters is 1. The summed E-state index contributed by atoms with van der Waals surface area (Å²) in [6, 6.07) is 16.1. The Bertz CT molecular complexity index is 1120. The van der Waals surface area contributed by atoms with Gasteiger partial charge < -0.3 is 10.1 Å². The van der Waals surface area contributed by atoms with Crippen molar-refractivity contribution in [1.29, 1.82) is 0 Å². The summed E-state index contributed by atoms with van der Waals surface area (Å²) in [7, 11) is 0. The fraction of sp³-hybridized carbons (Fsp3) is 0.308. The lowest BCUT2D eigenvalue weighted by molar-refractivity contribution is 0.0526. The molecule has 32 heavy (non-hydrogen) atoms. The van der Waals surface area contributed by atoms with Crippen molar-refractivity contribution in [2.24, 2.45) is 0 Å². The molecule has 0 radical (unpaired) electrons. The van der Waals surface area contributed by atoms with E-state index in [0.29, 0.717) is 22.7 Å². The molecule has 6 heteroatoms. The molecule has 5 nitrogen and oxygen atoms in total. The van der Waals surface area contributed by atoms with Gasteiger partial charge in [0.2, 0.25) is 0 Å². The Labute approximate surface area is 193 Å². The number of thiophene rings is 1. The number of benzene rings is 2. The molecule has 2 aromatic carbocycles. The van der Waals surface area contributed by atoms with E-state index in [4.69, 9.17) is 4.74 Å². The van der Waals surface area contributed by atoms with Gasteiger partial charge in [0.05, 0.1) is 12.2 Å². The molecule has 4 rings (SSSR count). The van der Waals surface area contributed by atoms with Gasteiger partial charge in [-0.1, -0.05) is 47.5 Å². The van der Waals surface area contributed by atoms with Crippen molar-refractivity contribution in [2.75, 3.05) is 18.5 Å². The first-order valence-corrected chi connectivity index (χ1v) is 11.7. The van der Waals surface area contributed by atoms with Gasteiger partial charge in [0, 0.05) is 30.1 Å². The lowest BCUT2D eigenvalue weighted by Crippen LogP contribution is -2.29. The fourth-order valence-electron chi connectivity index (χ4n) is 4.22. The first-order chi connectivity index (χ1) is 15.4. The van der Waals surface area contributed by atoms with Crippen molar-refractivity contribution in [3.05, 3.63) is 86.8 Å². The predicted molar refractivity (Wildman–Crippen MR) is 128 cm³/mol. The lowest BCUT2D eigenvalue weighted by Gasteiger charge is -2.27. The number of hydrogen-bond acceptors (Lipinski definition) is 5. The second-order valence-corrected chi connectivity index (χ2v) is 9.31. The van der Waals surface area contributed by atoms with E-state index in [9.17, 15) is 9.59 Å². The van der Waals surface area contributed by atoms with Crippen LogP contribution in [-0.2, 0) is 24.2 Å². The Balaban J connectivity index is 1.61. The zero-order chi connectivity index (χ0) is 22.7. The molecule has 0 saturated heterocycles. The number of carbonyl (C=O) groups is 2. The van der Waals surface area contributed by atoms with Crippen LogP contribution in [0.5, 0.6) is 0 Å². The van der Waals surface area contributed by atoms with Crippen molar-refractivity contribution in [1.82, 2.24) is 4.90 Å². The molecule has 1 amide bonds. The van der Waals surface area contributed by atoms with Gasteiger partial charge in [0.25, 0.3) is 5.91 Å². The largest absolute Gasteiger partial charge is 0.462 e. The van der Waals surface area contributed by atoms with Gasteiger partial charge >= 0.3 is 5.97 Å². The van der Waals surface area contributed by atoms with Crippen LogP contribution in [-0.4, -0.2) is 29.9 Å². The van der Waals surface area contributed by atoms with Crippen molar-refractivity contribution in [2.45, 2.75) is 40.3 Å². The maximum atomic E-state index is 13.0. The minimum Gasteiger partial charge on any atom is -0.462 e. The van der Waals surface area contributed by atoms with Gasteiger partial charge in [-0.25, -0.2) is 4.79 Å². The van der Waals surface area contributed by atoms with Crippen molar-refractivity contribution in [3.63, 3.8) is 0 Å². The van der Waals surface area contributed by atoms with E-state index in [-0.39, 0.29) is 11.9 Å². The summed E-state index contributed by atoms with van der Waals surface area (Å²) in [5.74, 6) is -0.570. The Morgan fingerprint density at radius 2 is 1.81 bits per heavy atom. The summed E-state index contributed by atoms with van der Waals surface area (Å²) in [6.45, 7) is 8.51. The summed E-state index contributed by atoms with van der Waals surface area (Å²) in [6.07, 6.45) is 0.756. The maximum absolute atomic E-state index is 13.0. The average Bonchev–Trinajstić information content (AvgIpc) is 3.11. The third kappa shape index (κ3) is 4.92. The molecule has 0 atom stereocenters. The van der Waals surface area contributed by atoms with Crippen molar-refractivity contribution >= 4 is 28.2 Å². The van der Waals surface area contributed by atoms with Crippen LogP contribution in [0, 0.1) is 13.8 Å². The third-order valence-corrected chi connectivity index (χ3v) is 6.71. The number of nitrogens with zero attached hydrogens (tertiary/aromatic N) is 1. The van der Waals surface area contributed by atoms with Crippen LogP contribution < -0.4 is 5.32 Å². The third-order valence-electron chi connectivity index (χ3n) is 5.58. The standard InChI is InChI=1S/C26H28N2O3S/c1-4-31-26(30)23-21-10-11-28(15-19-8-6-5-7-9-19)16-22(21)32-25(23)27-24(29)20-13-17(2)12-18(3)14-20/h5-9,12-14H,4,10-11,15-16H2,1-3H3,(H,27,29). The number of fused-ring (bicyclic) bond motifs is 1. The van der Waals surface area contributed by atoms with E-state index in [0.717, 1.165) is 47.6 Å². The lowest BCUT2D eigenvalue weighted by atomic mass is 10.0. The summed E-state index contributed by atoms with van der Waals surface area (Å²) >= 11 is 1.49. The number of rotatable bonds is 6. The first-order valence-electron chi connectivity index (χ1n) is 10.9. The number of anilines is 1. The molecule has 0 saturated carbocycles. The number of carbonyl (C=O) groups excluding carboxylic acids is 2. The SMILES string of the molecule is CCOC(=O)c1c(NC(=O)c2cc(C)cc(C)c2)sc2c1CCN(Cc1ccccc1)C2. The fourth-order valence-corrected chi connectivity index (χ4v) is 5.49. The molecule has 0 spiro atoms. The highest BCUT2D eigenvalue weighted by Crippen LogP contribution is 2.38. The number of aryl methyl sites for hydroxylation is 2. The van der Waals surface area contributed by atoms with Gasteiger partial charge in [-0.15, -0.1) is 11.3 Å². The van der Waals surface area contributed by atoms with Crippen molar-refractivity contribution < 1.29 is 14.3 Å². The highest BCUT2D eigenvalue weighted by Gasteiger charge is 2.29. The van der Waals surface area contributed by atoms with Gasteiger partial charge in [0.15, 0.2) is 0 Å². The molecular formula is C26H28N2O3S. The van der Waals surface area contributed by atoms with Gasteiger partial charge in [-0.2, -0.15) is 0 Å². The van der Waals surface area contributed by atoms with E-state index < -0.39 is 0 Å². The number of hydrogen-bond donors (Lipinski definition) is 1. The van der Waals surface area contributed by atoms with Crippen LogP contribution in [0.2, 0.25) is 0 Å². The second-order valence-electron chi connectivity index (χ2n) is 8.21. The first kappa shape index (κ1) is 22.2. The Morgan fingerprint density at radius 3 is 2.50 bits per heavy atom. The van der Waals surface area contributed by atoms with Crippen molar-refractivity contribution in [3.8, 4) is 0 Å². The summed E-state index contributed by atoms with van der Waals surface area (Å²) in [5.41, 5.74) is 5.44. The summed E-state index contributed by atoms with van der Waals surface area (Å²) in [4.78, 5) is 29.3. The molecule has 1 aliphatic heterocycles. The summed E-state index contributed by atoms with van der Waals surface area (Å²) < 4.78 is 5.34. The van der Waals surface area contributed by atoms with E-state index in [1.54, 1.807) is 6.92 Å². The molecule has 0 aliphatic carbocycles. The smallest absolute Gasteiger partial charge is 0.341 e. The normalized spacial score (nSPS) is 13.5. The second kappa shape index (κ2) is 9.67. The van der Waals surface area contributed by atoms with E-state index in [2.05, 4.69) is 34.5 Å². The topological polar surface area (TPSA) is 58.6 Å². The summed E-state index contributed by atoms with van der Waals surface area (Å²) in [5, 5.41) is 3.59. The minimum atomic E-state index is -0.364. The Morgan fingerprint density at radius 1 is 1.09 bits per heavy atom. The molecule has 3 aromatic rings. The number of ether oxygens (including phenoxy) is 1. The molecule has 0 unspecified atom stereocenters. The predicted octanol–water partition coefficient (Wildman–Crippen LogP) is 5.35. The van der Waals surface area contributed by atoms with E-state index in [1.165, 1.54) is 16.9 Å². The van der Waals surface area contributed by atoms with Crippen LogP contribution in [0.25, 0.3) is 0 Å². The van der Waals surface area contributed by atoms with Crippen LogP contribution >= 0.6 is 11.3 Å². The highest BCUT2D eigenvalue weighted by atomic mass is 32.1. The van der Waals surface area contributed by atoms with E-state index >= 15 is 0 Å². The molecular weight excluding hydrogens is 420 g/mol. The van der Waals surface area contributed by atoms with E-state index in [1.807, 2.05) is 38.1 Å². The van der Waals surface area contributed by atoms with Gasteiger partial charge in [-0.3, -0.25) is 9.69 Å². The quantitative estimate of drug-likeness (QED) is 0.516. The molecule has 2 heterocycles. The molecule has 166 valence electrons. The average molecular weight is 449 g/mol. The zero-order valence-corrected chi connectivity index (χ0v) is 19.6. The van der Waals surface area contributed by atoms with Gasteiger partial charge in [-0.05, 0) is 50.5 Å². The van der Waals surface area contributed by atoms with Crippen LogP contribution in [0.4, 0.5) is 5.00 Å². The molecule has 1 N–H and O–H groups in total. The highest BCUT2D eigenvalue weighted by molar-refractivity contribution is 7.17. The molecule has 1 aromatic heterocycles. The molecule has 0 bridgehead atoms. The van der Waals surface area contributed by atoms with Crippen LogP contribution in [0.3, 0.4) is 0 Å². The number of amides is 1. The Hall–Kier alpha value is -2.96. The van der Waals surface area contributed by atoms with Gasteiger partial charge in [0.1, 0.15) is 5.00 Å². The monoisotopic (exact) mass is 448 g/mol. The minimum absolute atomic E-state index is 0.206. The maximum Gasteiger partial charge on any atom is 0.341 e. The molecule has 1 aliphatic rings. The van der Waals surface area contributed by atoms with Crippen LogP contribution in [0.1, 0.15) is 54.8 Å². The Kier molecular flexibility index (Phi) is 6.72. The number of nitrogens with one attached hydrogen (secondary N) is 1. The van der Waals surface area contributed by atoms with Crippen LogP contribution in [0.15, 0.2) is 48.5 Å². The zero-order valence-electron chi connectivity index (χ0n) is 18.7. The molecule has 0 fully saturated rings.